The molecule has 0 atom stereocenters. The van der Waals surface area contributed by atoms with Crippen LogP contribution < -0.4 is 4.90 Å². The molecule has 1 aliphatic heterocycles. The maximum absolute atomic E-state index is 13.1. The number of unbranched alkanes of at least 4 members (excludes halogenated alkanes) is 2. The van der Waals surface area contributed by atoms with Gasteiger partial charge in [0.1, 0.15) is 0 Å². The molecule has 2 aromatic heterocycles. The highest BCUT2D eigenvalue weighted by atomic mass is 35.5. The molecule has 1 aliphatic rings. The van der Waals surface area contributed by atoms with Gasteiger partial charge in [0, 0.05) is 43.5 Å². The molecule has 186 valence electrons. The largest absolute Gasteiger partial charge is 0.336 e. The van der Waals surface area contributed by atoms with Crippen molar-refractivity contribution in [3.63, 3.8) is 0 Å². The Morgan fingerprint density at radius 3 is 2.44 bits per heavy atom. The Morgan fingerprint density at radius 1 is 0.944 bits per heavy atom. The molecule has 3 heterocycles. The van der Waals surface area contributed by atoms with E-state index >= 15 is 0 Å². The van der Waals surface area contributed by atoms with Crippen molar-refractivity contribution in [2.24, 2.45) is 0 Å². The molecule has 1 fully saturated rings. The second kappa shape index (κ2) is 10.8. The number of carbonyl (C=O) groups excluding carboxylic acids is 1. The maximum Gasteiger partial charge on any atom is 0.254 e. The minimum atomic E-state index is 0.0706. The third kappa shape index (κ3) is 5.18. The summed E-state index contributed by atoms with van der Waals surface area (Å²) in [7, 11) is 0. The molecule has 2 aromatic carbocycles. The average molecular weight is 523 g/mol. The van der Waals surface area contributed by atoms with Gasteiger partial charge < -0.3 is 9.80 Å². The van der Waals surface area contributed by atoms with Crippen molar-refractivity contribution >= 4 is 40.8 Å². The van der Waals surface area contributed by atoms with E-state index in [4.69, 9.17) is 28.3 Å². The van der Waals surface area contributed by atoms with Gasteiger partial charge in [0.05, 0.1) is 15.7 Å². The summed E-state index contributed by atoms with van der Waals surface area (Å²) >= 11 is 12.3. The predicted octanol–water partition coefficient (Wildman–Crippen LogP) is 5.79. The summed E-state index contributed by atoms with van der Waals surface area (Å²) in [6.07, 6.45) is 6.40. The molecule has 0 bridgehead atoms. The number of rotatable bonds is 7. The number of piperazine rings is 1. The third-order valence-corrected chi connectivity index (χ3v) is 7.30. The van der Waals surface area contributed by atoms with Crippen molar-refractivity contribution in [2.45, 2.75) is 32.6 Å². The molecular weight excluding hydrogens is 495 g/mol. The highest BCUT2D eigenvalue weighted by molar-refractivity contribution is 6.42. The Labute approximate surface area is 220 Å². The van der Waals surface area contributed by atoms with E-state index in [0.29, 0.717) is 48.0 Å². The van der Waals surface area contributed by atoms with E-state index in [1.165, 1.54) is 24.8 Å². The van der Waals surface area contributed by atoms with Crippen LogP contribution in [0.5, 0.6) is 0 Å². The number of anilines is 1. The van der Waals surface area contributed by atoms with Crippen molar-refractivity contribution < 1.29 is 4.79 Å². The van der Waals surface area contributed by atoms with Gasteiger partial charge in [0.2, 0.25) is 5.95 Å². The number of benzene rings is 2. The van der Waals surface area contributed by atoms with Gasteiger partial charge in [0.15, 0.2) is 0 Å². The Hall–Kier alpha value is -3.16. The zero-order valence-electron chi connectivity index (χ0n) is 20.2. The monoisotopic (exact) mass is 522 g/mol. The molecule has 0 N–H and O–H groups in total. The van der Waals surface area contributed by atoms with Gasteiger partial charge in [-0.1, -0.05) is 61.2 Å². The van der Waals surface area contributed by atoms with Crippen LogP contribution >= 0.6 is 23.2 Å². The fourth-order valence-corrected chi connectivity index (χ4v) is 4.77. The number of halogens is 2. The van der Waals surface area contributed by atoms with Crippen LogP contribution in [0.15, 0.2) is 54.7 Å². The van der Waals surface area contributed by atoms with Crippen LogP contribution in [0.3, 0.4) is 0 Å². The molecule has 5 rings (SSSR count). The number of carbonyl (C=O) groups is 1. The highest BCUT2D eigenvalue weighted by Crippen LogP contribution is 2.29. The van der Waals surface area contributed by atoms with Crippen LogP contribution in [-0.4, -0.2) is 56.6 Å². The lowest BCUT2D eigenvalue weighted by Crippen LogP contribution is -2.49. The standard InChI is InChI=1S/C27H28Cl2N6O/c1-2-3-4-5-19-6-8-20(9-7-19)25(36)33-14-16-34(17-15-33)27-31-26-30-13-12-24(35(26)32-27)21-10-11-22(28)23(29)18-21/h6-13,18H,2-5,14-17H2,1H3. The number of nitrogens with zero attached hydrogens (tertiary/aromatic N) is 6. The lowest BCUT2D eigenvalue weighted by molar-refractivity contribution is 0.0746. The lowest BCUT2D eigenvalue weighted by atomic mass is 10.0. The second-order valence-electron chi connectivity index (χ2n) is 9.02. The van der Waals surface area contributed by atoms with E-state index in [9.17, 15) is 4.79 Å². The molecule has 7 nitrogen and oxygen atoms in total. The molecule has 0 saturated carbocycles. The fourth-order valence-electron chi connectivity index (χ4n) is 4.48. The van der Waals surface area contributed by atoms with Gasteiger partial charge >= 0.3 is 0 Å². The van der Waals surface area contributed by atoms with Crippen LogP contribution in [0.4, 0.5) is 5.95 Å². The van der Waals surface area contributed by atoms with Crippen molar-refractivity contribution in [2.75, 3.05) is 31.1 Å². The minimum absolute atomic E-state index is 0.0706. The first kappa shape index (κ1) is 24.5. The fraction of sp³-hybridized carbons (Fsp3) is 0.333. The first-order valence-electron chi connectivity index (χ1n) is 12.3. The first-order valence-corrected chi connectivity index (χ1v) is 13.1. The van der Waals surface area contributed by atoms with Gasteiger partial charge in [-0.25, -0.2) is 4.98 Å². The first-order chi connectivity index (χ1) is 17.5. The minimum Gasteiger partial charge on any atom is -0.336 e. The van der Waals surface area contributed by atoms with E-state index in [-0.39, 0.29) is 5.91 Å². The Morgan fingerprint density at radius 2 is 1.72 bits per heavy atom. The van der Waals surface area contributed by atoms with Crippen LogP contribution in [0.25, 0.3) is 17.0 Å². The Balaban J connectivity index is 1.26. The Bertz CT molecular complexity index is 1360. The highest BCUT2D eigenvalue weighted by Gasteiger charge is 2.25. The number of aromatic nitrogens is 4. The number of hydrogen-bond acceptors (Lipinski definition) is 5. The topological polar surface area (TPSA) is 66.6 Å². The van der Waals surface area contributed by atoms with Gasteiger partial charge in [-0.2, -0.15) is 9.50 Å². The van der Waals surface area contributed by atoms with E-state index < -0.39 is 0 Å². The zero-order valence-corrected chi connectivity index (χ0v) is 21.7. The Kier molecular flexibility index (Phi) is 7.39. The third-order valence-electron chi connectivity index (χ3n) is 6.56. The summed E-state index contributed by atoms with van der Waals surface area (Å²) in [6, 6.07) is 15.4. The van der Waals surface area contributed by atoms with Gasteiger partial charge in [-0.15, -0.1) is 5.10 Å². The van der Waals surface area contributed by atoms with E-state index in [2.05, 4.69) is 33.9 Å². The van der Waals surface area contributed by atoms with Crippen molar-refractivity contribution in [1.29, 1.82) is 0 Å². The van der Waals surface area contributed by atoms with Crippen molar-refractivity contribution in [3.8, 4) is 11.3 Å². The number of hydrogen-bond donors (Lipinski definition) is 0. The van der Waals surface area contributed by atoms with E-state index in [1.807, 2.05) is 35.2 Å². The zero-order chi connectivity index (χ0) is 25.1. The van der Waals surface area contributed by atoms with Crippen LogP contribution in [0, 0.1) is 0 Å². The summed E-state index contributed by atoms with van der Waals surface area (Å²) in [5.41, 5.74) is 3.73. The van der Waals surface area contributed by atoms with Gasteiger partial charge in [-0.3, -0.25) is 4.79 Å². The SMILES string of the molecule is CCCCCc1ccc(C(=O)N2CCN(c3nc4nccc(-c5ccc(Cl)c(Cl)c5)n4n3)CC2)cc1. The molecule has 0 radical (unpaired) electrons. The summed E-state index contributed by atoms with van der Waals surface area (Å²) in [5.74, 6) is 1.17. The second-order valence-corrected chi connectivity index (χ2v) is 9.83. The summed E-state index contributed by atoms with van der Waals surface area (Å²) in [4.78, 5) is 26.1. The van der Waals surface area contributed by atoms with Crippen LogP contribution in [0.1, 0.15) is 42.1 Å². The molecule has 36 heavy (non-hydrogen) atoms. The summed E-state index contributed by atoms with van der Waals surface area (Å²) < 4.78 is 1.72. The van der Waals surface area contributed by atoms with Crippen molar-refractivity contribution in [1.82, 2.24) is 24.5 Å². The molecule has 0 unspecified atom stereocenters. The maximum atomic E-state index is 13.1. The van der Waals surface area contributed by atoms with E-state index in [0.717, 1.165) is 23.2 Å². The van der Waals surface area contributed by atoms with Crippen molar-refractivity contribution in [3.05, 3.63) is 75.9 Å². The molecular formula is C27H28Cl2N6O. The molecule has 0 aliphatic carbocycles. The van der Waals surface area contributed by atoms with Crippen LogP contribution in [0.2, 0.25) is 10.0 Å². The molecule has 1 saturated heterocycles. The molecule has 1 amide bonds. The quantitative estimate of drug-likeness (QED) is 0.287. The number of fused-ring (bicyclic) bond motifs is 1. The molecule has 9 heteroatoms. The summed E-state index contributed by atoms with van der Waals surface area (Å²) in [5, 5.41) is 5.70. The summed E-state index contributed by atoms with van der Waals surface area (Å²) in [6.45, 7) is 4.73. The number of amides is 1. The normalized spacial score (nSPS) is 14.0. The smallest absolute Gasteiger partial charge is 0.254 e. The number of aryl methyl sites for hydroxylation is 1. The average Bonchev–Trinajstić information content (AvgIpc) is 3.35. The predicted molar refractivity (Wildman–Crippen MR) is 144 cm³/mol. The molecule has 4 aromatic rings. The van der Waals surface area contributed by atoms with Crippen LogP contribution in [-0.2, 0) is 6.42 Å². The van der Waals surface area contributed by atoms with Gasteiger partial charge in [0.25, 0.3) is 11.7 Å². The van der Waals surface area contributed by atoms with E-state index in [1.54, 1.807) is 16.8 Å². The van der Waals surface area contributed by atoms with Gasteiger partial charge in [-0.05, 0) is 48.7 Å². The lowest BCUT2D eigenvalue weighted by Gasteiger charge is -2.34. The molecule has 0 spiro atoms.